The predicted molar refractivity (Wildman–Crippen MR) is 92.8 cm³/mol. The molecule has 0 radical (unpaired) electrons. The van der Waals surface area contributed by atoms with E-state index in [0.29, 0.717) is 30.1 Å². The highest BCUT2D eigenvalue weighted by molar-refractivity contribution is 5.74. The number of urea groups is 1. The molecule has 1 aromatic carbocycles. The number of likely N-dealkylation sites (tertiary alicyclic amines) is 1. The first-order valence-electron chi connectivity index (χ1n) is 8.63. The Labute approximate surface area is 146 Å². The number of piperidine rings is 1. The largest absolute Gasteiger partial charge is 0.331 e. The van der Waals surface area contributed by atoms with Crippen LogP contribution in [0.15, 0.2) is 18.5 Å². The Kier molecular flexibility index (Phi) is 5.01. The summed E-state index contributed by atoms with van der Waals surface area (Å²) in [6.45, 7) is 6.78. The highest BCUT2D eigenvalue weighted by atomic mass is 19.1. The number of hydrogen-bond donors (Lipinski definition) is 2. The Hall–Kier alpha value is -2.44. The zero-order valence-electron chi connectivity index (χ0n) is 14.8. The first kappa shape index (κ1) is 17.4. The van der Waals surface area contributed by atoms with Crippen LogP contribution in [0.25, 0.3) is 0 Å². The molecule has 1 saturated heterocycles. The number of hydrogen-bond acceptors (Lipinski definition) is 3. The fourth-order valence-corrected chi connectivity index (χ4v) is 3.36. The van der Waals surface area contributed by atoms with E-state index in [2.05, 4.69) is 20.5 Å². The number of rotatable bonds is 3. The van der Waals surface area contributed by atoms with Crippen LogP contribution in [-0.4, -0.2) is 39.2 Å². The summed E-state index contributed by atoms with van der Waals surface area (Å²) in [6, 6.07) is 3.34. The molecule has 0 unspecified atom stereocenters. The number of benzene rings is 1. The molecule has 0 spiro atoms. The molecule has 2 amide bonds. The van der Waals surface area contributed by atoms with Crippen molar-refractivity contribution in [3.05, 3.63) is 46.8 Å². The summed E-state index contributed by atoms with van der Waals surface area (Å²) in [4.78, 5) is 18.5. The molecule has 25 heavy (non-hydrogen) atoms. The Bertz CT molecular complexity index is 715. The third-order valence-electron chi connectivity index (χ3n) is 4.90. The van der Waals surface area contributed by atoms with E-state index in [4.69, 9.17) is 0 Å². The smallest absolute Gasteiger partial charge is 0.317 e. The van der Waals surface area contributed by atoms with Gasteiger partial charge in [-0.2, -0.15) is 5.10 Å². The average Bonchev–Trinajstić information content (AvgIpc) is 3.14. The average molecular weight is 345 g/mol. The van der Waals surface area contributed by atoms with Gasteiger partial charge in [-0.3, -0.25) is 5.10 Å². The summed E-state index contributed by atoms with van der Waals surface area (Å²) in [6.07, 6.45) is 3.25. The molecule has 1 aliphatic heterocycles. The Morgan fingerprint density at radius 1 is 1.32 bits per heavy atom. The molecule has 6 nitrogen and oxygen atoms in total. The predicted octanol–water partition coefficient (Wildman–Crippen LogP) is 3.21. The molecule has 0 saturated carbocycles. The summed E-state index contributed by atoms with van der Waals surface area (Å²) in [5.41, 5.74) is 2.12. The molecule has 1 fully saturated rings. The van der Waals surface area contributed by atoms with E-state index in [0.717, 1.165) is 24.2 Å². The molecule has 1 aromatic heterocycles. The highest BCUT2D eigenvalue weighted by Crippen LogP contribution is 2.25. The van der Waals surface area contributed by atoms with Gasteiger partial charge < -0.3 is 10.2 Å². The van der Waals surface area contributed by atoms with Crippen LogP contribution in [0.4, 0.5) is 9.18 Å². The zero-order valence-corrected chi connectivity index (χ0v) is 14.8. The Balaban J connectivity index is 1.57. The molecule has 2 heterocycles. The summed E-state index contributed by atoms with van der Waals surface area (Å²) < 4.78 is 13.8. The van der Waals surface area contributed by atoms with Gasteiger partial charge in [0.05, 0.1) is 6.04 Å². The van der Waals surface area contributed by atoms with Crippen LogP contribution in [0.3, 0.4) is 0 Å². The third kappa shape index (κ3) is 3.81. The van der Waals surface area contributed by atoms with Crippen LogP contribution in [-0.2, 0) is 0 Å². The number of carbonyl (C=O) groups is 1. The molecule has 134 valence electrons. The molecule has 1 atom stereocenters. The number of aryl methyl sites for hydroxylation is 2. The van der Waals surface area contributed by atoms with Gasteiger partial charge in [-0.1, -0.05) is 12.1 Å². The number of carbonyl (C=O) groups excluding carboxylic acids is 1. The van der Waals surface area contributed by atoms with Crippen molar-refractivity contribution in [2.75, 3.05) is 13.1 Å². The molecule has 0 aliphatic carbocycles. The number of halogens is 1. The van der Waals surface area contributed by atoms with Crippen LogP contribution in [0.5, 0.6) is 0 Å². The van der Waals surface area contributed by atoms with E-state index in [1.165, 1.54) is 6.33 Å². The highest BCUT2D eigenvalue weighted by Gasteiger charge is 2.26. The van der Waals surface area contributed by atoms with Crippen LogP contribution in [0.1, 0.15) is 54.2 Å². The van der Waals surface area contributed by atoms with Gasteiger partial charge in [-0.05, 0) is 50.3 Å². The summed E-state index contributed by atoms with van der Waals surface area (Å²) in [5.74, 6) is 1.04. The van der Waals surface area contributed by atoms with E-state index in [-0.39, 0.29) is 17.9 Å². The molecular weight excluding hydrogens is 321 g/mol. The number of nitrogens with one attached hydrogen (secondary N) is 2. The van der Waals surface area contributed by atoms with Gasteiger partial charge in [-0.25, -0.2) is 14.2 Å². The van der Waals surface area contributed by atoms with Crippen molar-refractivity contribution in [2.45, 2.75) is 45.6 Å². The van der Waals surface area contributed by atoms with Crippen molar-refractivity contribution < 1.29 is 9.18 Å². The maximum Gasteiger partial charge on any atom is 0.317 e. The third-order valence-corrected chi connectivity index (χ3v) is 4.90. The Morgan fingerprint density at radius 2 is 1.96 bits per heavy atom. The van der Waals surface area contributed by atoms with E-state index >= 15 is 0 Å². The zero-order chi connectivity index (χ0) is 18.0. The lowest BCUT2D eigenvalue weighted by Gasteiger charge is -2.32. The molecule has 0 bridgehead atoms. The minimum absolute atomic E-state index is 0.0804. The molecule has 3 rings (SSSR count). The maximum absolute atomic E-state index is 13.8. The molecule has 7 heteroatoms. The molecule has 2 aromatic rings. The van der Waals surface area contributed by atoms with Crippen LogP contribution in [0, 0.1) is 19.7 Å². The summed E-state index contributed by atoms with van der Waals surface area (Å²) >= 11 is 0. The van der Waals surface area contributed by atoms with Gasteiger partial charge in [0.1, 0.15) is 18.0 Å². The van der Waals surface area contributed by atoms with Gasteiger partial charge >= 0.3 is 6.03 Å². The van der Waals surface area contributed by atoms with Gasteiger partial charge in [-0.15, -0.1) is 0 Å². The van der Waals surface area contributed by atoms with Gasteiger partial charge in [0, 0.05) is 19.0 Å². The quantitative estimate of drug-likeness (QED) is 0.897. The second-order valence-electron chi connectivity index (χ2n) is 6.77. The van der Waals surface area contributed by atoms with Crippen molar-refractivity contribution in [2.24, 2.45) is 0 Å². The maximum atomic E-state index is 13.8. The normalized spacial score (nSPS) is 16.7. The lowest BCUT2D eigenvalue weighted by Crippen LogP contribution is -2.45. The second-order valence-corrected chi connectivity index (χ2v) is 6.77. The van der Waals surface area contributed by atoms with E-state index in [1.807, 2.05) is 11.8 Å². The van der Waals surface area contributed by atoms with Crippen molar-refractivity contribution >= 4 is 6.03 Å². The van der Waals surface area contributed by atoms with Crippen molar-refractivity contribution in [1.82, 2.24) is 25.4 Å². The molecule has 2 N–H and O–H groups in total. The van der Waals surface area contributed by atoms with Gasteiger partial charge in [0.25, 0.3) is 0 Å². The fourth-order valence-electron chi connectivity index (χ4n) is 3.36. The number of aromatic amines is 1. The van der Waals surface area contributed by atoms with E-state index in [1.54, 1.807) is 26.0 Å². The van der Waals surface area contributed by atoms with Gasteiger partial charge in [0.2, 0.25) is 0 Å². The van der Waals surface area contributed by atoms with Crippen molar-refractivity contribution in [3.63, 3.8) is 0 Å². The Morgan fingerprint density at radius 3 is 2.52 bits per heavy atom. The van der Waals surface area contributed by atoms with E-state index < -0.39 is 0 Å². The van der Waals surface area contributed by atoms with Crippen LogP contribution < -0.4 is 5.32 Å². The lowest BCUT2D eigenvalue weighted by atomic mass is 9.96. The summed E-state index contributed by atoms with van der Waals surface area (Å²) in [5, 5.41) is 9.82. The SMILES string of the molecule is Cc1cc([C@H](C)NC(=O)N2CCC(c3ncn[nH]3)CC2)cc(C)c1F. The van der Waals surface area contributed by atoms with E-state index in [9.17, 15) is 9.18 Å². The van der Waals surface area contributed by atoms with Crippen molar-refractivity contribution in [3.8, 4) is 0 Å². The second kappa shape index (κ2) is 7.21. The minimum atomic E-state index is -0.184. The van der Waals surface area contributed by atoms with Crippen LogP contribution in [0.2, 0.25) is 0 Å². The monoisotopic (exact) mass is 345 g/mol. The summed E-state index contributed by atoms with van der Waals surface area (Å²) in [7, 11) is 0. The fraction of sp³-hybridized carbons (Fsp3) is 0.500. The van der Waals surface area contributed by atoms with Crippen molar-refractivity contribution in [1.29, 1.82) is 0 Å². The topological polar surface area (TPSA) is 73.9 Å². The first-order valence-corrected chi connectivity index (χ1v) is 8.63. The number of nitrogens with zero attached hydrogens (tertiary/aromatic N) is 3. The number of amides is 2. The number of H-pyrrole nitrogens is 1. The first-order chi connectivity index (χ1) is 12.0. The lowest BCUT2D eigenvalue weighted by molar-refractivity contribution is 0.177. The van der Waals surface area contributed by atoms with Gasteiger partial charge in [0.15, 0.2) is 0 Å². The minimum Gasteiger partial charge on any atom is -0.331 e. The standard InChI is InChI=1S/C18H24FN5O/c1-11-8-15(9-12(2)16(11)19)13(3)22-18(25)24-6-4-14(5-7-24)17-20-10-21-23-17/h8-10,13-14H,4-7H2,1-3H3,(H,22,25)(H,20,21,23)/t13-/m0/s1. The molecule has 1 aliphatic rings. The molecular formula is C18H24FN5O. The number of aromatic nitrogens is 3. The van der Waals surface area contributed by atoms with Crippen LogP contribution >= 0.6 is 0 Å².